The molecule has 4 heteroatoms. The van der Waals surface area contributed by atoms with E-state index < -0.39 is 0 Å². The number of hydrogen-bond acceptors (Lipinski definition) is 2. The summed E-state index contributed by atoms with van der Waals surface area (Å²) in [5, 5.41) is 5.92. The molecule has 1 aliphatic carbocycles. The van der Waals surface area contributed by atoms with Gasteiger partial charge < -0.3 is 15.4 Å². The quantitative estimate of drug-likeness (QED) is 0.881. The number of nitrogens with one attached hydrogen (secondary N) is 2. The van der Waals surface area contributed by atoms with Gasteiger partial charge in [-0.3, -0.25) is 0 Å². The number of rotatable bonds is 5. The number of amides is 2. The normalized spacial score (nSPS) is 14.9. The molecule has 0 saturated heterocycles. The van der Waals surface area contributed by atoms with E-state index >= 15 is 0 Å². The minimum absolute atomic E-state index is 0.0787. The van der Waals surface area contributed by atoms with Gasteiger partial charge in [-0.25, -0.2) is 4.79 Å². The van der Waals surface area contributed by atoms with Crippen LogP contribution in [0.3, 0.4) is 0 Å². The highest BCUT2D eigenvalue weighted by Crippen LogP contribution is 2.47. The molecule has 0 aliphatic heterocycles. The van der Waals surface area contributed by atoms with E-state index in [-0.39, 0.29) is 11.4 Å². The van der Waals surface area contributed by atoms with Gasteiger partial charge in [0, 0.05) is 17.6 Å². The molecule has 0 radical (unpaired) electrons. The van der Waals surface area contributed by atoms with Crippen LogP contribution in [0.4, 0.5) is 10.5 Å². The standard InChI is InChI=1S/C19H22N2O2/c1-14-5-3-4-6-17(14)21-18(22)20-13-19(11-12-19)15-7-9-16(23-2)10-8-15/h3-10H,11-13H2,1-2H3,(H2,20,21,22). The predicted octanol–water partition coefficient (Wildman–Crippen LogP) is 3.86. The summed E-state index contributed by atoms with van der Waals surface area (Å²) in [7, 11) is 1.67. The fourth-order valence-electron chi connectivity index (χ4n) is 2.79. The Morgan fingerprint density at radius 2 is 1.83 bits per heavy atom. The maximum Gasteiger partial charge on any atom is 0.319 e. The van der Waals surface area contributed by atoms with Crippen molar-refractivity contribution < 1.29 is 9.53 Å². The van der Waals surface area contributed by atoms with Crippen LogP contribution >= 0.6 is 0 Å². The highest BCUT2D eigenvalue weighted by Gasteiger charge is 2.44. The topological polar surface area (TPSA) is 50.4 Å². The van der Waals surface area contributed by atoms with Gasteiger partial charge in [-0.05, 0) is 49.1 Å². The maximum absolute atomic E-state index is 12.1. The van der Waals surface area contributed by atoms with Crippen LogP contribution in [0, 0.1) is 6.92 Å². The molecule has 0 unspecified atom stereocenters. The second kappa shape index (κ2) is 6.32. The number of ether oxygens (including phenoxy) is 1. The lowest BCUT2D eigenvalue weighted by Crippen LogP contribution is -2.35. The van der Waals surface area contributed by atoms with Gasteiger partial charge in [0.2, 0.25) is 0 Å². The Morgan fingerprint density at radius 3 is 2.43 bits per heavy atom. The molecule has 2 amide bonds. The van der Waals surface area contributed by atoms with E-state index in [0.717, 1.165) is 29.8 Å². The lowest BCUT2D eigenvalue weighted by Gasteiger charge is -2.17. The zero-order valence-corrected chi connectivity index (χ0v) is 13.6. The Bertz CT molecular complexity index is 691. The molecule has 23 heavy (non-hydrogen) atoms. The number of para-hydroxylation sites is 1. The number of anilines is 1. The predicted molar refractivity (Wildman–Crippen MR) is 92.1 cm³/mol. The first kappa shape index (κ1) is 15.4. The molecule has 120 valence electrons. The van der Waals surface area contributed by atoms with E-state index in [4.69, 9.17) is 4.74 Å². The fraction of sp³-hybridized carbons (Fsp3) is 0.316. The van der Waals surface area contributed by atoms with E-state index in [1.807, 2.05) is 43.3 Å². The van der Waals surface area contributed by atoms with E-state index in [0.29, 0.717) is 6.54 Å². The third-order valence-electron chi connectivity index (χ3n) is 4.54. The molecule has 1 fully saturated rings. The molecule has 0 atom stereocenters. The van der Waals surface area contributed by atoms with Crippen LogP contribution in [0.5, 0.6) is 5.75 Å². The van der Waals surface area contributed by atoms with Crippen LogP contribution in [0.1, 0.15) is 24.0 Å². The van der Waals surface area contributed by atoms with Gasteiger partial charge in [0.1, 0.15) is 5.75 Å². The summed E-state index contributed by atoms with van der Waals surface area (Å²) < 4.78 is 5.20. The molecule has 2 aromatic rings. The number of benzene rings is 2. The number of aryl methyl sites for hydroxylation is 1. The van der Waals surface area contributed by atoms with E-state index in [1.165, 1.54) is 5.56 Å². The molecule has 2 aromatic carbocycles. The Hall–Kier alpha value is -2.49. The highest BCUT2D eigenvalue weighted by atomic mass is 16.5. The lowest BCUT2D eigenvalue weighted by atomic mass is 9.96. The monoisotopic (exact) mass is 310 g/mol. The first-order chi connectivity index (χ1) is 11.1. The minimum atomic E-state index is -0.154. The summed E-state index contributed by atoms with van der Waals surface area (Å²) in [6, 6.07) is 15.7. The van der Waals surface area contributed by atoms with Crippen molar-refractivity contribution in [3.05, 3.63) is 59.7 Å². The van der Waals surface area contributed by atoms with E-state index in [1.54, 1.807) is 7.11 Å². The van der Waals surface area contributed by atoms with Crippen molar-refractivity contribution in [3.8, 4) is 5.75 Å². The maximum atomic E-state index is 12.1. The summed E-state index contributed by atoms with van der Waals surface area (Å²) in [6.45, 7) is 2.63. The molecule has 4 nitrogen and oxygen atoms in total. The first-order valence-electron chi connectivity index (χ1n) is 7.88. The van der Waals surface area contributed by atoms with Crippen LogP contribution in [-0.4, -0.2) is 19.7 Å². The SMILES string of the molecule is COc1ccc(C2(CNC(=O)Nc3ccccc3C)CC2)cc1. The molecule has 2 N–H and O–H groups in total. The molecule has 3 rings (SSSR count). The summed E-state index contributed by atoms with van der Waals surface area (Å²) in [5.74, 6) is 0.856. The summed E-state index contributed by atoms with van der Waals surface area (Å²) in [5.41, 5.74) is 3.24. The summed E-state index contributed by atoms with van der Waals surface area (Å²) in [6.07, 6.45) is 2.20. The van der Waals surface area contributed by atoms with Gasteiger partial charge in [0.15, 0.2) is 0 Å². The summed E-state index contributed by atoms with van der Waals surface area (Å²) in [4.78, 5) is 12.1. The number of urea groups is 1. The molecular weight excluding hydrogens is 288 g/mol. The van der Waals surface area contributed by atoms with Gasteiger partial charge in [-0.1, -0.05) is 30.3 Å². The molecule has 0 heterocycles. The van der Waals surface area contributed by atoms with Crippen molar-refractivity contribution >= 4 is 11.7 Å². The Morgan fingerprint density at radius 1 is 1.13 bits per heavy atom. The molecule has 0 aromatic heterocycles. The van der Waals surface area contributed by atoms with Crippen LogP contribution < -0.4 is 15.4 Å². The number of hydrogen-bond donors (Lipinski definition) is 2. The Labute approximate surface area is 136 Å². The largest absolute Gasteiger partial charge is 0.497 e. The second-order valence-electron chi connectivity index (χ2n) is 6.13. The first-order valence-corrected chi connectivity index (χ1v) is 7.88. The van der Waals surface area contributed by atoms with Gasteiger partial charge in [-0.2, -0.15) is 0 Å². The lowest BCUT2D eigenvalue weighted by molar-refractivity contribution is 0.251. The van der Waals surface area contributed by atoms with Gasteiger partial charge >= 0.3 is 6.03 Å². The van der Waals surface area contributed by atoms with Crippen molar-refractivity contribution in [2.45, 2.75) is 25.2 Å². The van der Waals surface area contributed by atoms with Crippen LogP contribution in [0.15, 0.2) is 48.5 Å². The molecule has 1 saturated carbocycles. The van der Waals surface area contributed by atoms with Crippen LogP contribution in [-0.2, 0) is 5.41 Å². The van der Waals surface area contributed by atoms with Crippen molar-refractivity contribution in [1.82, 2.24) is 5.32 Å². The third-order valence-corrected chi connectivity index (χ3v) is 4.54. The second-order valence-corrected chi connectivity index (χ2v) is 6.13. The Balaban J connectivity index is 1.59. The molecular formula is C19H22N2O2. The highest BCUT2D eigenvalue weighted by molar-refractivity contribution is 5.90. The zero-order valence-electron chi connectivity index (χ0n) is 13.6. The average molecular weight is 310 g/mol. The van der Waals surface area contributed by atoms with Crippen molar-refractivity contribution in [2.24, 2.45) is 0 Å². The fourth-order valence-corrected chi connectivity index (χ4v) is 2.79. The molecule has 0 spiro atoms. The van der Waals surface area contributed by atoms with Crippen molar-refractivity contribution in [3.63, 3.8) is 0 Å². The smallest absolute Gasteiger partial charge is 0.319 e. The van der Waals surface area contributed by atoms with Crippen LogP contribution in [0.2, 0.25) is 0 Å². The van der Waals surface area contributed by atoms with Gasteiger partial charge in [-0.15, -0.1) is 0 Å². The number of carbonyl (C=O) groups excluding carboxylic acids is 1. The van der Waals surface area contributed by atoms with Crippen LogP contribution in [0.25, 0.3) is 0 Å². The Kier molecular flexibility index (Phi) is 4.24. The minimum Gasteiger partial charge on any atom is -0.497 e. The van der Waals surface area contributed by atoms with E-state index in [2.05, 4.69) is 22.8 Å². The van der Waals surface area contributed by atoms with E-state index in [9.17, 15) is 4.79 Å². The molecule has 0 bridgehead atoms. The number of carbonyl (C=O) groups is 1. The third kappa shape index (κ3) is 3.47. The summed E-state index contributed by atoms with van der Waals surface area (Å²) >= 11 is 0. The van der Waals surface area contributed by atoms with Crippen molar-refractivity contribution in [2.75, 3.05) is 19.0 Å². The number of methoxy groups -OCH3 is 1. The van der Waals surface area contributed by atoms with Gasteiger partial charge in [0.25, 0.3) is 0 Å². The van der Waals surface area contributed by atoms with Crippen molar-refractivity contribution in [1.29, 1.82) is 0 Å². The zero-order chi connectivity index (χ0) is 16.3. The van der Waals surface area contributed by atoms with Gasteiger partial charge in [0.05, 0.1) is 7.11 Å². The average Bonchev–Trinajstić information content (AvgIpc) is 3.36. The molecule has 1 aliphatic rings.